The van der Waals surface area contributed by atoms with Crippen LogP contribution in [0.1, 0.15) is 6.42 Å². The lowest BCUT2D eigenvalue weighted by atomic mass is 10.4. The Morgan fingerprint density at radius 1 is 1.61 bits per heavy atom. The van der Waals surface area contributed by atoms with E-state index in [1.807, 2.05) is 0 Å². The molecule has 1 rings (SSSR count). The number of rotatable bonds is 5. The Bertz CT molecular complexity index is 525. The molecule has 0 aliphatic rings. The number of amides is 1. The van der Waals surface area contributed by atoms with E-state index in [2.05, 4.69) is 21.2 Å². The third kappa shape index (κ3) is 3.67. The number of sulfonamides is 1. The van der Waals surface area contributed by atoms with Gasteiger partial charge in [0.15, 0.2) is 0 Å². The molecule has 102 valence electrons. The molecule has 1 amide bonds. The molecular formula is C9H12BrClN2O3S2. The number of carbonyl (C=O) groups is 1. The SMILES string of the molecule is CNC(=O)CCN(C)S(=O)(=O)c1cc(Cl)c(Br)s1. The van der Waals surface area contributed by atoms with Crippen LogP contribution in [0.2, 0.25) is 5.02 Å². The second-order valence-electron chi connectivity index (χ2n) is 3.44. The van der Waals surface area contributed by atoms with Crippen LogP contribution >= 0.6 is 38.9 Å². The van der Waals surface area contributed by atoms with E-state index < -0.39 is 10.0 Å². The van der Waals surface area contributed by atoms with Gasteiger partial charge in [-0.3, -0.25) is 4.79 Å². The normalized spacial score (nSPS) is 11.8. The zero-order valence-electron chi connectivity index (χ0n) is 9.74. The summed E-state index contributed by atoms with van der Waals surface area (Å²) in [6, 6.07) is 1.39. The zero-order chi connectivity index (χ0) is 13.9. The maximum Gasteiger partial charge on any atom is 0.252 e. The van der Waals surface area contributed by atoms with Crippen LogP contribution in [0, 0.1) is 0 Å². The molecule has 0 fully saturated rings. The van der Waals surface area contributed by atoms with Crippen LogP contribution in [0.4, 0.5) is 0 Å². The zero-order valence-corrected chi connectivity index (χ0v) is 13.7. The number of nitrogens with zero attached hydrogens (tertiary/aromatic N) is 1. The smallest absolute Gasteiger partial charge is 0.252 e. The summed E-state index contributed by atoms with van der Waals surface area (Å²) in [5.74, 6) is -0.206. The Kier molecular flexibility index (Phi) is 5.60. The van der Waals surface area contributed by atoms with Crippen molar-refractivity contribution >= 4 is 54.8 Å². The van der Waals surface area contributed by atoms with Crippen molar-refractivity contribution in [3.8, 4) is 0 Å². The van der Waals surface area contributed by atoms with E-state index in [9.17, 15) is 13.2 Å². The summed E-state index contributed by atoms with van der Waals surface area (Å²) in [4.78, 5) is 11.1. The van der Waals surface area contributed by atoms with Crippen LogP contribution in [-0.4, -0.2) is 39.3 Å². The van der Waals surface area contributed by atoms with Crippen molar-refractivity contribution in [1.82, 2.24) is 9.62 Å². The summed E-state index contributed by atoms with van der Waals surface area (Å²) in [6.07, 6.45) is 0.118. The minimum absolute atomic E-state index is 0.118. The number of thiophene rings is 1. The van der Waals surface area contributed by atoms with Gasteiger partial charge in [0, 0.05) is 27.1 Å². The number of hydrogen-bond acceptors (Lipinski definition) is 4. The Hall–Kier alpha value is -0.150. The highest BCUT2D eigenvalue weighted by Gasteiger charge is 2.24. The van der Waals surface area contributed by atoms with Crippen molar-refractivity contribution in [3.05, 3.63) is 14.9 Å². The summed E-state index contributed by atoms with van der Waals surface area (Å²) in [5.41, 5.74) is 0. The first-order valence-corrected chi connectivity index (χ1v) is 8.33. The maximum atomic E-state index is 12.1. The lowest BCUT2D eigenvalue weighted by Gasteiger charge is -2.15. The van der Waals surface area contributed by atoms with Gasteiger partial charge in [-0.05, 0) is 22.0 Å². The molecule has 0 atom stereocenters. The van der Waals surface area contributed by atoms with Crippen LogP contribution in [0.5, 0.6) is 0 Å². The summed E-state index contributed by atoms with van der Waals surface area (Å²) >= 11 is 10.0. The average molecular weight is 376 g/mol. The standard InChI is InChI=1S/C9H12BrClN2O3S2/c1-12-7(14)3-4-13(2)18(15,16)8-5-6(11)9(10)17-8/h5H,3-4H2,1-2H3,(H,12,14). The fourth-order valence-electron chi connectivity index (χ4n) is 1.11. The lowest BCUT2D eigenvalue weighted by molar-refractivity contribution is -0.120. The van der Waals surface area contributed by atoms with Gasteiger partial charge in [0.1, 0.15) is 4.21 Å². The minimum atomic E-state index is -3.59. The minimum Gasteiger partial charge on any atom is -0.359 e. The molecular weight excluding hydrogens is 364 g/mol. The second-order valence-corrected chi connectivity index (χ2v) is 8.49. The van der Waals surface area contributed by atoms with Crippen LogP contribution in [0.3, 0.4) is 0 Å². The third-order valence-corrected chi connectivity index (χ3v) is 7.00. The van der Waals surface area contributed by atoms with Crippen molar-refractivity contribution in [2.24, 2.45) is 0 Å². The number of hydrogen-bond donors (Lipinski definition) is 1. The first kappa shape index (κ1) is 15.9. The van der Waals surface area contributed by atoms with Crippen LogP contribution in [-0.2, 0) is 14.8 Å². The molecule has 0 radical (unpaired) electrons. The van der Waals surface area contributed by atoms with Gasteiger partial charge in [-0.2, -0.15) is 4.31 Å². The summed E-state index contributed by atoms with van der Waals surface area (Å²) < 4.78 is 26.1. The largest absolute Gasteiger partial charge is 0.359 e. The highest BCUT2D eigenvalue weighted by atomic mass is 79.9. The molecule has 9 heteroatoms. The summed E-state index contributed by atoms with van der Waals surface area (Å²) in [6.45, 7) is 0.120. The summed E-state index contributed by atoms with van der Waals surface area (Å²) in [5, 5.41) is 2.80. The fourth-order valence-corrected chi connectivity index (χ4v) is 4.89. The van der Waals surface area contributed by atoms with E-state index in [0.717, 1.165) is 15.6 Å². The molecule has 0 aliphatic heterocycles. The van der Waals surface area contributed by atoms with E-state index in [1.54, 1.807) is 0 Å². The van der Waals surface area contributed by atoms with E-state index >= 15 is 0 Å². The molecule has 0 aromatic carbocycles. The van der Waals surface area contributed by atoms with Gasteiger partial charge >= 0.3 is 0 Å². The molecule has 1 aromatic rings. The topological polar surface area (TPSA) is 66.5 Å². The molecule has 0 spiro atoms. The van der Waals surface area contributed by atoms with Gasteiger partial charge in [-0.25, -0.2) is 8.42 Å². The average Bonchev–Trinajstić information content (AvgIpc) is 2.66. The molecule has 0 unspecified atom stereocenters. The first-order valence-electron chi connectivity index (χ1n) is 4.90. The van der Waals surface area contributed by atoms with Gasteiger partial charge in [0.25, 0.3) is 10.0 Å². The van der Waals surface area contributed by atoms with Gasteiger partial charge in [0.05, 0.1) is 8.81 Å². The maximum absolute atomic E-state index is 12.1. The quantitative estimate of drug-likeness (QED) is 0.855. The molecule has 0 saturated heterocycles. The van der Waals surface area contributed by atoms with E-state index in [-0.39, 0.29) is 23.1 Å². The van der Waals surface area contributed by atoms with Crippen molar-refractivity contribution in [1.29, 1.82) is 0 Å². The van der Waals surface area contributed by atoms with Crippen LogP contribution < -0.4 is 5.32 Å². The Balaban J connectivity index is 2.83. The molecule has 0 saturated carbocycles. The van der Waals surface area contributed by atoms with Crippen molar-refractivity contribution in [3.63, 3.8) is 0 Å². The lowest BCUT2D eigenvalue weighted by Crippen LogP contribution is -2.31. The third-order valence-electron chi connectivity index (χ3n) is 2.22. The fraction of sp³-hybridized carbons (Fsp3) is 0.444. The van der Waals surface area contributed by atoms with Crippen molar-refractivity contribution in [2.75, 3.05) is 20.6 Å². The number of halogens is 2. The van der Waals surface area contributed by atoms with Gasteiger partial charge in [-0.15, -0.1) is 11.3 Å². The molecule has 1 N–H and O–H groups in total. The predicted octanol–water partition coefficient (Wildman–Crippen LogP) is 1.92. The highest BCUT2D eigenvalue weighted by Crippen LogP contribution is 2.35. The highest BCUT2D eigenvalue weighted by molar-refractivity contribution is 9.11. The first-order chi connectivity index (χ1) is 8.28. The Labute approximate surface area is 123 Å². The second kappa shape index (κ2) is 6.33. The Morgan fingerprint density at radius 3 is 2.67 bits per heavy atom. The molecule has 18 heavy (non-hydrogen) atoms. The van der Waals surface area contributed by atoms with Crippen LogP contribution in [0.15, 0.2) is 14.1 Å². The number of carbonyl (C=O) groups excluding carboxylic acids is 1. The predicted molar refractivity (Wildman–Crippen MR) is 75.5 cm³/mol. The molecule has 0 aliphatic carbocycles. The van der Waals surface area contributed by atoms with E-state index in [1.165, 1.54) is 20.2 Å². The van der Waals surface area contributed by atoms with E-state index in [4.69, 9.17) is 11.6 Å². The number of nitrogens with one attached hydrogen (secondary N) is 1. The van der Waals surface area contributed by atoms with Crippen molar-refractivity contribution < 1.29 is 13.2 Å². The Morgan fingerprint density at radius 2 is 2.22 bits per heavy atom. The van der Waals surface area contributed by atoms with Gasteiger partial charge < -0.3 is 5.32 Å². The molecule has 5 nitrogen and oxygen atoms in total. The molecule has 1 aromatic heterocycles. The monoisotopic (exact) mass is 374 g/mol. The molecule has 1 heterocycles. The van der Waals surface area contributed by atoms with E-state index in [0.29, 0.717) is 8.81 Å². The van der Waals surface area contributed by atoms with Crippen molar-refractivity contribution in [2.45, 2.75) is 10.6 Å². The van der Waals surface area contributed by atoms with Gasteiger partial charge in [0.2, 0.25) is 5.91 Å². The molecule has 0 bridgehead atoms. The van der Waals surface area contributed by atoms with Crippen LogP contribution in [0.25, 0.3) is 0 Å². The summed E-state index contributed by atoms with van der Waals surface area (Å²) in [7, 11) is -0.650. The van der Waals surface area contributed by atoms with Gasteiger partial charge in [-0.1, -0.05) is 11.6 Å².